The fraction of sp³-hybridized carbons (Fsp3) is 0.294. The summed E-state index contributed by atoms with van der Waals surface area (Å²) in [5, 5.41) is 0. The Balaban J connectivity index is 0.000000492. The van der Waals surface area contributed by atoms with Gasteiger partial charge in [-0.05, 0) is 24.1 Å². The van der Waals surface area contributed by atoms with Crippen LogP contribution in [-0.2, 0) is 0 Å². The highest BCUT2D eigenvalue weighted by Crippen LogP contribution is 2.26. The SMILES string of the molecule is CCC(c1ccccc1)c1ccccc1.CCN. The lowest BCUT2D eigenvalue weighted by atomic mass is 9.89. The van der Waals surface area contributed by atoms with Crippen LogP contribution in [0.1, 0.15) is 37.3 Å². The maximum atomic E-state index is 4.85. The van der Waals surface area contributed by atoms with Gasteiger partial charge >= 0.3 is 0 Å². The van der Waals surface area contributed by atoms with Gasteiger partial charge in [0.15, 0.2) is 0 Å². The van der Waals surface area contributed by atoms with Crippen LogP contribution in [-0.4, -0.2) is 6.54 Å². The second-order valence-corrected chi connectivity index (χ2v) is 4.19. The Labute approximate surface area is 111 Å². The Bertz CT molecular complexity index is 369. The highest BCUT2D eigenvalue weighted by molar-refractivity contribution is 5.31. The van der Waals surface area contributed by atoms with Crippen molar-refractivity contribution in [1.29, 1.82) is 0 Å². The van der Waals surface area contributed by atoms with Gasteiger partial charge in [-0.15, -0.1) is 0 Å². The summed E-state index contributed by atoms with van der Waals surface area (Å²) in [7, 11) is 0. The van der Waals surface area contributed by atoms with E-state index in [-0.39, 0.29) is 0 Å². The average Bonchev–Trinajstić information content (AvgIpc) is 2.43. The molecule has 2 aromatic rings. The van der Waals surface area contributed by atoms with Crippen LogP contribution in [0.25, 0.3) is 0 Å². The van der Waals surface area contributed by atoms with Crippen molar-refractivity contribution in [3.8, 4) is 0 Å². The van der Waals surface area contributed by atoms with Gasteiger partial charge in [-0.3, -0.25) is 0 Å². The predicted molar refractivity (Wildman–Crippen MR) is 79.7 cm³/mol. The second kappa shape index (κ2) is 8.48. The quantitative estimate of drug-likeness (QED) is 0.856. The fourth-order valence-corrected chi connectivity index (χ4v) is 2.03. The summed E-state index contributed by atoms with van der Waals surface area (Å²) < 4.78 is 0. The molecule has 0 heterocycles. The summed E-state index contributed by atoms with van der Waals surface area (Å²) in [6, 6.07) is 21.4. The van der Waals surface area contributed by atoms with E-state index in [1.165, 1.54) is 11.1 Å². The monoisotopic (exact) mass is 241 g/mol. The van der Waals surface area contributed by atoms with Gasteiger partial charge in [-0.2, -0.15) is 0 Å². The van der Waals surface area contributed by atoms with Gasteiger partial charge in [0, 0.05) is 5.92 Å². The van der Waals surface area contributed by atoms with Crippen LogP contribution < -0.4 is 5.73 Å². The van der Waals surface area contributed by atoms with Crippen LogP contribution in [0.15, 0.2) is 60.7 Å². The number of hydrogen-bond acceptors (Lipinski definition) is 1. The van der Waals surface area contributed by atoms with Crippen LogP contribution in [0.5, 0.6) is 0 Å². The molecule has 0 aliphatic heterocycles. The molecule has 0 fully saturated rings. The first-order chi connectivity index (χ1) is 8.83. The second-order valence-electron chi connectivity index (χ2n) is 4.19. The summed E-state index contributed by atoms with van der Waals surface area (Å²) >= 11 is 0. The van der Waals surface area contributed by atoms with Crippen LogP contribution >= 0.6 is 0 Å². The molecule has 2 N–H and O–H groups in total. The van der Waals surface area contributed by atoms with E-state index in [0.29, 0.717) is 5.92 Å². The zero-order valence-corrected chi connectivity index (χ0v) is 11.3. The van der Waals surface area contributed by atoms with E-state index in [4.69, 9.17) is 5.73 Å². The van der Waals surface area contributed by atoms with Gasteiger partial charge in [0.25, 0.3) is 0 Å². The largest absolute Gasteiger partial charge is 0.331 e. The van der Waals surface area contributed by atoms with E-state index in [1.807, 2.05) is 6.92 Å². The Morgan fingerprint density at radius 1 is 0.778 bits per heavy atom. The van der Waals surface area contributed by atoms with Gasteiger partial charge < -0.3 is 5.73 Å². The van der Waals surface area contributed by atoms with Gasteiger partial charge in [0.1, 0.15) is 0 Å². The summed E-state index contributed by atoms with van der Waals surface area (Å²) in [6.45, 7) is 4.89. The Morgan fingerprint density at radius 3 is 1.39 bits per heavy atom. The fourth-order valence-electron chi connectivity index (χ4n) is 2.03. The highest BCUT2D eigenvalue weighted by atomic mass is 14.5. The van der Waals surface area contributed by atoms with Crippen LogP contribution in [0.2, 0.25) is 0 Å². The summed E-state index contributed by atoms with van der Waals surface area (Å²) in [6.07, 6.45) is 1.15. The predicted octanol–water partition coefficient (Wildman–Crippen LogP) is 4.19. The molecule has 1 heteroatoms. The molecule has 0 spiro atoms. The van der Waals surface area contributed by atoms with Crippen LogP contribution in [0.3, 0.4) is 0 Å². The lowest BCUT2D eigenvalue weighted by Crippen LogP contribution is -1.98. The highest BCUT2D eigenvalue weighted by Gasteiger charge is 2.10. The van der Waals surface area contributed by atoms with E-state index in [2.05, 4.69) is 67.6 Å². The molecule has 96 valence electrons. The number of benzene rings is 2. The van der Waals surface area contributed by atoms with Crippen molar-refractivity contribution in [1.82, 2.24) is 0 Å². The standard InChI is InChI=1S/C15H16.C2H7N/c1-2-15(13-9-5-3-6-10-13)14-11-7-4-8-12-14;1-2-3/h3-12,15H,2H2,1H3;2-3H2,1H3. The minimum Gasteiger partial charge on any atom is -0.331 e. The van der Waals surface area contributed by atoms with Crippen molar-refractivity contribution in [3.05, 3.63) is 71.8 Å². The third-order valence-electron chi connectivity index (χ3n) is 2.81. The van der Waals surface area contributed by atoms with Crippen molar-refractivity contribution in [2.24, 2.45) is 5.73 Å². The van der Waals surface area contributed by atoms with E-state index in [9.17, 15) is 0 Å². The third-order valence-corrected chi connectivity index (χ3v) is 2.81. The smallest absolute Gasteiger partial charge is 0.00867 e. The van der Waals surface area contributed by atoms with Crippen molar-refractivity contribution >= 4 is 0 Å². The molecule has 0 aliphatic rings. The van der Waals surface area contributed by atoms with Crippen LogP contribution in [0, 0.1) is 0 Å². The molecule has 0 bridgehead atoms. The first kappa shape index (κ1) is 14.5. The lowest BCUT2D eigenvalue weighted by Gasteiger charge is -2.15. The Morgan fingerprint density at radius 2 is 1.11 bits per heavy atom. The van der Waals surface area contributed by atoms with E-state index < -0.39 is 0 Å². The first-order valence-corrected chi connectivity index (χ1v) is 6.63. The van der Waals surface area contributed by atoms with Gasteiger partial charge in [0.2, 0.25) is 0 Å². The van der Waals surface area contributed by atoms with Gasteiger partial charge in [-0.1, -0.05) is 74.5 Å². The number of nitrogens with two attached hydrogens (primary N) is 1. The molecule has 0 saturated carbocycles. The zero-order valence-electron chi connectivity index (χ0n) is 11.3. The topological polar surface area (TPSA) is 26.0 Å². The van der Waals surface area contributed by atoms with Crippen molar-refractivity contribution in [3.63, 3.8) is 0 Å². The average molecular weight is 241 g/mol. The van der Waals surface area contributed by atoms with Crippen molar-refractivity contribution in [2.75, 3.05) is 6.54 Å². The molecule has 0 unspecified atom stereocenters. The molecule has 0 aliphatic carbocycles. The van der Waals surface area contributed by atoms with E-state index in [1.54, 1.807) is 0 Å². The molecule has 0 amide bonds. The van der Waals surface area contributed by atoms with Gasteiger partial charge in [0.05, 0.1) is 0 Å². The summed E-state index contributed by atoms with van der Waals surface area (Å²) in [4.78, 5) is 0. The minimum atomic E-state index is 0.535. The lowest BCUT2D eigenvalue weighted by molar-refractivity contribution is 0.777. The third kappa shape index (κ3) is 4.34. The molecular weight excluding hydrogens is 218 g/mol. The normalized spacial score (nSPS) is 9.78. The summed E-state index contributed by atoms with van der Waals surface area (Å²) in [5.74, 6) is 0.535. The van der Waals surface area contributed by atoms with Gasteiger partial charge in [-0.25, -0.2) is 0 Å². The number of hydrogen-bond donors (Lipinski definition) is 1. The minimum absolute atomic E-state index is 0.535. The maximum Gasteiger partial charge on any atom is 0.00867 e. The molecule has 0 atom stereocenters. The molecule has 0 radical (unpaired) electrons. The molecule has 2 rings (SSSR count). The number of rotatable bonds is 3. The molecule has 0 aromatic heterocycles. The van der Waals surface area contributed by atoms with E-state index in [0.717, 1.165) is 13.0 Å². The first-order valence-electron chi connectivity index (χ1n) is 6.63. The Kier molecular flexibility index (Phi) is 6.82. The maximum absolute atomic E-state index is 4.85. The van der Waals surface area contributed by atoms with Crippen molar-refractivity contribution in [2.45, 2.75) is 26.2 Å². The molecule has 18 heavy (non-hydrogen) atoms. The zero-order chi connectivity index (χ0) is 13.2. The van der Waals surface area contributed by atoms with Crippen molar-refractivity contribution < 1.29 is 0 Å². The Hall–Kier alpha value is -1.60. The molecular formula is C17H23N. The van der Waals surface area contributed by atoms with E-state index >= 15 is 0 Å². The molecule has 1 nitrogen and oxygen atoms in total. The molecule has 0 saturated heterocycles. The van der Waals surface area contributed by atoms with Crippen LogP contribution in [0.4, 0.5) is 0 Å². The summed E-state index contributed by atoms with van der Waals surface area (Å²) in [5.41, 5.74) is 7.66. The molecule has 2 aromatic carbocycles.